The summed E-state index contributed by atoms with van der Waals surface area (Å²) >= 11 is 0. The zero-order valence-corrected chi connectivity index (χ0v) is 8.61. The minimum absolute atomic E-state index is 0.205. The Labute approximate surface area is 85.1 Å². The van der Waals surface area contributed by atoms with E-state index in [0.29, 0.717) is 19.8 Å². The second-order valence-corrected chi connectivity index (χ2v) is 2.91. The Morgan fingerprint density at radius 3 is 2.07 bits per heavy atom. The van der Waals surface area contributed by atoms with Crippen molar-refractivity contribution in [3.8, 4) is 0 Å². The first-order chi connectivity index (χ1) is 6.91. The van der Waals surface area contributed by atoms with Gasteiger partial charge in [-0.25, -0.2) is 4.89 Å². The molecule has 0 aromatic rings. The van der Waals surface area contributed by atoms with Gasteiger partial charge in [0.05, 0.1) is 19.8 Å². The molecule has 0 radical (unpaired) electrons. The number of hydrogen-bond donors (Lipinski definition) is 2. The van der Waals surface area contributed by atoms with Crippen LogP contribution in [0.4, 0.5) is 0 Å². The van der Waals surface area contributed by atoms with Crippen LogP contribution in [0.15, 0.2) is 0 Å². The number of rotatable bonds is 11. The maximum Gasteiger partial charge on any atom is 0.105 e. The molecule has 0 saturated carbocycles. The minimum atomic E-state index is 0.205. The van der Waals surface area contributed by atoms with Crippen LogP contribution in [0.3, 0.4) is 0 Å². The minimum Gasteiger partial charge on any atom is -0.379 e. The molecule has 0 spiro atoms. The van der Waals surface area contributed by atoms with Crippen molar-refractivity contribution in [3.05, 3.63) is 0 Å². The molecule has 3 N–H and O–H groups in total. The van der Waals surface area contributed by atoms with Gasteiger partial charge in [-0.2, -0.15) is 0 Å². The topological polar surface area (TPSA) is 73.9 Å². The molecule has 0 saturated heterocycles. The van der Waals surface area contributed by atoms with Crippen molar-refractivity contribution in [2.24, 2.45) is 5.73 Å². The van der Waals surface area contributed by atoms with Crippen molar-refractivity contribution in [2.75, 3.05) is 39.6 Å². The molecule has 5 nitrogen and oxygen atoms in total. The lowest BCUT2D eigenvalue weighted by atomic mass is 10.2. The molecule has 0 unspecified atom stereocenters. The maximum absolute atomic E-state index is 7.97. The Bertz CT molecular complexity index is 90.8. The molecule has 0 atom stereocenters. The third-order valence-corrected chi connectivity index (χ3v) is 1.68. The van der Waals surface area contributed by atoms with Crippen molar-refractivity contribution in [1.29, 1.82) is 0 Å². The zero-order chi connectivity index (χ0) is 10.5. The fourth-order valence-corrected chi connectivity index (χ4v) is 0.943. The third kappa shape index (κ3) is 11.8. The van der Waals surface area contributed by atoms with Crippen molar-refractivity contribution in [2.45, 2.75) is 19.3 Å². The molecule has 0 amide bonds. The number of unbranched alkanes of at least 4 members (excludes halogenated alkanes) is 2. The summed E-state index contributed by atoms with van der Waals surface area (Å²) in [5, 5.41) is 7.97. The number of hydrogen-bond acceptors (Lipinski definition) is 5. The Balaban J connectivity index is 2.78. The molecule has 0 aromatic carbocycles. The van der Waals surface area contributed by atoms with E-state index in [2.05, 4.69) is 4.89 Å². The van der Waals surface area contributed by atoms with Gasteiger partial charge in [-0.15, -0.1) is 0 Å². The third-order valence-electron chi connectivity index (χ3n) is 1.68. The lowest BCUT2D eigenvalue weighted by molar-refractivity contribution is -0.249. The summed E-state index contributed by atoms with van der Waals surface area (Å²) in [7, 11) is 0. The van der Waals surface area contributed by atoms with E-state index in [1.54, 1.807) is 0 Å². The highest BCUT2D eigenvalue weighted by atomic mass is 17.1. The SMILES string of the molecule is NCCCCCOCCOCCOO. The van der Waals surface area contributed by atoms with E-state index in [4.69, 9.17) is 20.5 Å². The Morgan fingerprint density at radius 1 is 0.786 bits per heavy atom. The van der Waals surface area contributed by atoms with Crippen LogP contribution in [-0.4, -0.2) is 44.8 Å². The smallest absolute Gasteiger partial charge is 0.105 e. The maximum atomic E-state index is 7.97. The summed E-state index contributed by atoms with van der Waals surface area (Å²) in [6, 6.07) is 0. The lowest BCUT2D eigenvalue weighted by Gasteiger charge is -2.04. The van der Waals surface area contributed by atoms with Gasteiger partial charge in [0.25, 0.3) is 0 Å². The normalized spacial score (nSPS) is 10.7. The van der Waals surface area contributed by atoms with Crippen LogP contribution in [-0.2, 0) is 14.4 Å². The van der Waals surface area contributed by atoms with E-state index >= 15 is 0 Å². The molecular weight excluding hydrogens is 186 g/mol. The average molecular weight is 207 g/mol. The van der Waals surface area contributed by atoms with E-state index in [-0.39, 0.29) is 6.61 Å². The Kier molecular flexibility index (Phi) is 12.6. The van der Waals surface area contributed by atoms with Gasteiger partial charge in [0.15, 0.2) is 0 Å². The summed E-state index contributed by atoms with van der Waals surface area (Å²) in [5.74, 6) is 0. The van der Waals surface area contributed by atoms with Gasteiger partial charge in [-0.1, -0.05) is 0 Å². The van der Waals surface area contributed by atoms with E-state index in [1.807, 2.05) is 0 Å². The summed E-state index contributed by atoms with van der Waals surface area (Å²) in [4.78, 5) is 3.84. The summed E-state index contributed by atoms with van der Waals surface area (Å²) in [6.07, 6.45) is 3.24. The predicted octanol–water partition coefficient (Wildman–Crippen LogP) is 0.638. The molecule has 0 rings (SSSR count). The van der Waals surface area contributed by atoms with Gasteiger partial charge in [0.2, 0.25) is 0 Å². The molecule has 0 aliphatic rings. The molecule has 5 heteroatoms. The molecule has 14 heavy (non-hydrogen) atoms. The quantitative estimate of drug-likeness (QED) is 0.295. The second kappa shape index (κ2) is 12.8. The number of nitrogens with two attached hydrogens (primary N) is 1. The van der Waals surface area contributed by atoms with E-state index < -0.39 is 0 Å². The van der Waals surface area contributed by atoms with Gasteiger partial charge in [-0.05, 0) is 25.8 Å². The van der Waals surface area contributed by atoms with Gasteiger partial charge in [-0.3, -0.25) is 5.26 Å². The van der Waals surface area contributed by atoms with E-state index in [1.165, 1.54) is 0 Å². The van der Waals surface area contributed by atoms with Gasteiger partial charge >= 0.3 is 0 Å². The summed E-state index contributed by atoms with van der Waals surface area (Å²) in [6.45, 7) is 3.25. The van der Waals surface area contributed by atoms with Crippen LogP contribution in [0.25, 0.3) is 0 Å². The number of ether oxygens (including phenoxy) is 2. The van der Waals surface area contributed by atoms with Crippen molar-refractivity contribution < 1.29 is 19.6 Å². The Morgan fingerprint density at radius 2 is 1.43 bits per heavy atom. The molecule has 0 bridgehead atoms. The van der Waals surface area contributed by atoms with Crippen LogP contribution in [0.2, 0.25) is 0 Å². The molecule has 0 heterocycles. The van der Waals surface area contributed by atoms with Crippen LogP contribution in [0.5, 0.6) is 0 Å². The largest absolute Gasteiger partial charge is 0.379 e. The predicted molar refractivity (Wildman–Crippen MR) is 53.1 cm³/mol. The van der Waals surface area contributed by atoms with Gasteiger partial charge in [0.1, 0.15) is 6.61 Å². The monoisotopic (exact) mass is 207 g/mol. The zero-order valence-electron chi connectivity index (χ0n) is 8.61. The first kappa shape index (κ1) is 13.8. The van der Waals surface area contributed by atoms with Crippen LogP contribution in [0.1, 0.15) is 19.3 Å². The fourth-order valence-electron chi connectivity index (χ4n) is 0.943. The molecular formula is C9H21NO4. The highest BCUT2D eigenvalue weighted by Crippen LogP contribution is 1.93. The van der Waals surface area contributed by atoms with Crippen molar-refractivity contribution in [1.82, 2.24) is 0 Å². The molecule has 0 aromatic heterocycles. The first-order valence-corrected chi connectivity index (χ1v) is 5.03. The van der Waals surface area contributed by atoms with E-state index in [9.17, 15) is 0 Å². The highest BCUT2D eigenvalue weighted by molar-refractivity contribution is 4.41. The first-order valence-electron chi connectivity index (χ1n) is 5.03. The van der Waals surface area contributed by atoms with Crippen LogP contribution >= 0.6 is 0 Å². The molecule has 0 aliphatic carbocycles. The van der Waals surface area contributed by atoms with Crippen molar-refractivity contribution >= 4 is 0 Å². The highest BCUT2D eigenvalue weighted by Gasteiger charge is 1.91. The van der Waals surface area contributed by atoms with Crippen molar-refractivity contribution in [3.63, 3.8) is 0 Å². The van der Waals surface area contributed by atoms with Crippen LogP contribution < -0.4 is 5.73 Å². The summed E-state index contributed by atoms with van der Waals surface area (Å²) < 4.78 is 10.4. The van der Waals surface area contributed by atoms with Gasteiger partial charge in [0, 0.05) is 6.61 Å². The Hall–Kier alpha value is -0.200. The average Bonchev–Trinajstić information content (AvgIpc) is 2.21. The lowest BCUT2D eigenvalue weighted by Crippen LogP contribution is -2.09. The molecule has 0 fully saturated rings. The standard InChI is InChI=1S/C9H21NO4/c10-4-2-1-3-5-12-6-7-13-8-9-14-11/h11H,1-10H2. The van der Waals surface area contributed by atoms with E-state index in [0.717, 1.165) is 32.4 Å². The summed E-state index contributed by atoms with van der Waals surface area (Å²) in [5.41, 5.74) is 5.34. The molecule has 86 valence electrons. The van der Waals surface area contributed by atoms with Crippen LogP contribution in [0, 0.1) is 0 Å². The molecule has 0 aliphatic heterocycles. The fraction of sp³-hybridized carbons (Fsp3) is 1.00. The second-order valence-electron chi connectivity index (χ2n) is 2.91. The van der Waals surface area contributed by atoms with Gasteiger partial charge < -0.3 is 15.2 Å².